The number of carbonyl (C=O) groups excluding carboxylic acids is 1. The van der Waals surface area contributed by atoms with E-state index in [1.165, 1.54) is 6.07 Å². The van der Waals surface area contributed by atoms with Gasteiger partial charge in [-0.05, 0) is 30.5 Å². The van der Waals surface area contributed by atoms with Gasteiger partial charge >= 0.3 is 0 Å². The lowest BCUT2D eigenvalue weighted by Crippen LogP contribution is -2.37. The average molecular weight is 257 g/mol. The van der Waals surface area contributed by atoms with Crippen LogP contribution < -0.4 is 5.32 Å². The van der Waals surface area contributed by atoms with E-state index in [2.05, 4.69) is 5.32 Å². The zero-order chi connectivity index (χ0) is 13.5. The molecule has 1 atom stereocenters. The topological polar surface area (TPSA) is 49.3 Å². The van der Waals surface area contributed by atoms with Crippen molar-refractivity contribution in [2.24, 2.45) is 0 Å². The minimum atomic E-state index is -0.908. The zero-order valence-corrected chi connectivity index (χ0v) is 10.2. The van der Waals surface area contributed by atoms with Crippen LogP contribution in [0.3, 0.4) is 0 Å². The Bertz CT molecular complexity index is 406. The van der Waals surface area contributed by atoms with Crippen molar-refractivity contribution in [3.05, 3.63) is 35.4 Å². The molecule has 0 radical (unpaired) electrons. The molecule has 2 N–H and O–H groups in total. The van der Waals surface area contributed by atoms with Gasteiger partial charge in [0.1, 0.15) is 0 Å². The smallest absolute Gasteiger partial charge is 0.220 e. The summed E-state index contributed by atoms with van der Waals surface area (Å²) in [5.74, 6) is -2.01. The molecular formula is C13H17F2NO2. The standard InChI is InChI=1S/C13H17F2NO2/c1-2-10(8-17)16-13(18)6-4-9-3-5-11(14)12(15)7-9/h3,5,7,10,17H,2,4,6,8H2,1H3,(H,16,18)/t10-/m1/s1. The van der Waals surface area contributed by atoms with Crippen LogP contribution >= 0.6 is 0 Å². The predicted molar refractivity (Wildman–Crippen MR) is 64.0 cm³/mol. The van der Waals surface area contributed by atoms with Crippen LogP contribution in [-0.4, -0.2) is 23.7 Å². The van der Waals surface area contributed by atoms with Gasteiger partial charge in [0.05, 0.1) is 12.6 Å². The molecule has 0 aromatic heterocycles. The maximum Gasteiger partial charge on any atom is 0.220 e. The van der Waals surface area contributed by atoms with Crippen molar-refractivity contribution >= 4 is 5.91 Å². The number of hydrogen-bond acceptors (Lipinski definition) is 2. The van der Waals surface area contributed by atoms with Gasteiger partial charge < -0.3 is 10.4 Å². The van der Waals surface area contributed by atoms with Gasteiger partial charge in [0.2, 0.25) is 5.91 Å². The molecule has 1 aromatic rings. The highest BCUT2D eigenvalue weighted by atomic mass is 19.2. The lowest BCUT2D eigenvalue weighted by Gasteiger charge is -2.13. The second-order valence-corrected chi connectivity index (χ2v) is 4.10. The van der Waals surface area contributed by atoms with E-state index in [0.29, 0.717) is 18.4 Å². The Morgan fingerprint density at radius 2 is 2.11 bits per heavy atom. The third-order valence-corrected chi connectivity index (χ3v) is 2.70. The summed E-state index contributed by atoms with van der Waals surface area (Å²) in [7, 11) is 0. The molecule has 0 bridgehead atoms. The summed E-state index contributed by atoms with van der Waals surface area (Å²) < 4.78 is 25.6. The van der Waals surface area contributed by atoms with Gasteiger partial charge in [-0.1, -0.05) is 13.0 Å². The largest absolute Gasteiger partial charge is 0.394 e. The summed E-state index contributed by atoms with van der Waals surface area (Å²) >= 11 is 0. The van der Waals surface area contributed by atoms with Crippen molar-refractivity contribution in [2.75, 3.05) is 6.61 Å². The van der Waals surface area contributed by atoms with E-state index in [0.717, 1.165) is 12.1 Å². The number of rotatable bonds is 6. The first-order valence-electron chi connectivity index (χ1n) is 5.91. The molecule has 5 heteroatoms. The number of halogens is 2. The molecule has 0 fully saturated rings. The van der Waals surface area contributed by atoms with E-state index in [9.17, 15) is 13.6 Å². The average Bonchev–Trinajstić information content (AvgIpc) is 2.37. The van der Waals surface area contributed by atoms with Crippen molar-refractivity contribution < 1.29 is 18.7 Å². The second-order valence-electron chi connectivity index (χ2n) is 4.10. The SMILES string of the molecule is CC[C@H](CO)NC(=O)CCc1ccc(F)c(F)c1. The van der Waals surface area contributed by atoms with Crippen molar-refractivity contribution in [3.8, 4) is 0 Å². The quantitative estimate of drug-likeness (QED) is 0.816. The van der Waals surface area contributed by atoms with E-state index in [-0.39, 0.29) is 25.0 Å². The molecule has 3 nitrogen and oxygen atoms in total. The normalized spacial score (nSPS) is 12.2. The summed E-state index contributed by atoms with van der Waals surface area (Å²) in [4.78, 5) is 11.5. The van der Waals surface area contributed by atoms with Gasteiger partial charge in [0.15, 0.2) is 11.6 Å². The van der Waals surface area contributed by atoms with Crippen LogP contribution in [0, 0.1) is 11.6 Å². The van der Waals surface area contributed by atoms with Crippen molar-refractivity contribution in [1.82, 2.24) is 5.32 Å². The number of benzene rings is 1. The van der Waals surface area contributed by atoms with Crippen LogP contribution in [0.1, 0.15) is 25.3 Å². The van der Waals surface area contributed by atoms with Crippen molar-refractivity contribution in [1.29, 1.82) is 0 Å². The molecule has 0 spiro atoms. The molecular weight excluding hydrogens is 240 g/mol. The summed E-state index contributed by atoms with van der Waals surface area (Å²) in [6.45, 7) is 1.75. The lowest BCUT2D eigenvalue weighted by molar-refractivity contribution is -0.122. The summed E-state index contributed by atoms with van der Waals surface area (Å²) in [5, 5.41) is 11.6. The van der Waals surface area contributed by atoms with Crippen LogP contribution in [-0.2, 0) is 11.2 Å². The Balaban J connectivity index is 2.44. The number of carbonyl (C=O) groups is 1. The highest BCUT2D eigenvalue weighted by molar-refractivity contribution is 5.76. The second kappa shape index (κ2) is 7.06. The van der Waals surface area contributed by atoms with Gasteiger partial charge in [0.25, 0.3) is 0 Å². The Morgan fingerprint density at radius 1 is 1.39 bits per heavy atom. The summed E-state index contributed by atoms with van der Waals surface area (Å²) in [5.41, 5.74) is 0.570. The van der Waals surface area contributed by atoms with Gasteiger partial charge in [-0.2, -0.15) is 0 Å². The number of nitrogens with one attached hydrogen (secondary N) is 1. The fraction of sp³-hybridized carbons (Fsp3) is 0.462. The number of hydrogen-bond donors (Lipinski definition) is 2. The van der Waals surface area contributed by atoms with Gasteiger partial charge in [-0.25, -0.2) is 8.78 Å². The Kier molecular flexibility index (Phi) is 5.71. The number of aliphatic hydroxyl groups excluding tert-OH is 1. The molecule has 100 valence electrons. The maximum atomic E-state index is 12.9. The van der Waals surface area contributed by atoms with Gasteiger partial charge in [-0.15, -0.1) is 0 Å². The minimum Gasteiger partial charge on any atom is -0.394 e. The first-order chi connectivity index (χ1) is 8.56. The van der Waals surface area contributed by atoms with Crippen molar-refractivity contribution in [3.63, 3.8) is 0 Å². The van der Waals surface area contributed by atoms with E-state index < -0.39 is 11.6 Å². The predicted octanol–water partition coefficient (Wildman–Crippen LogP) is 1.78. The first kappa shape index (κ1) is 14.6. The molecule has 1 rings (SSSR count). The third kappa shape index (κ3) is 4.41. The van der Waals surface area contributed by atoms with Crippen LogP contribution in [0.4, 0.5) is 8.78 Å². The monoisotopic (exact) mass is 257 g/mol. The van der Waals surface area contributed by atoms with Gasteiger partial charge in [0, 0.05) is 6.42 Å². The Morgan fingerprint density at radius 3 is 2.67 bits per heavy atom. The number of amides is 1. The fourth-order valence-corrected chi connectivity index (χ4v) is 1.53. The van der Waals surface area contributed by atoms with Crippen LogP contribution in [0.15, 0.2) is 18.2 Å². The Labute approximate surface area is 105 Å². The Hall–Kier alpha value is -1.49. The van der Waals surface area contributed by atoms with Crippen molar-refractivity contribution in [2.45, 2.75) is 32.2 Å². The molecule has 0 aliphatic rings. The van der Waals surface area contributed by atoms with Crippen LogP contribution in [0.2, 0.25) is 0 Å². The molecule has 0 saturated heterocycles. The maximum absolute atomic E-state index is 12.9. The molecule has 0 aliphatic heterocycles. The third-order valence-electron chi connectivity index (χ3n) is 2.70. The molecule has 0 saturated carbocycles. The molecule has 0 aliphatic carbocycles. The van der Waals surface area contributed by atoms with Gasteiger partial charge in [-0.3, -0.25) is 4.79 Å². The molecule has 0 heterocycles. The van der Waals surface area contributed by atoms with Crippen LogP contribution in [0.25, 0.3) is 0 Å². The first-order valence-corrected chi connectivity index (χ1v) is 5.91. The van der Waals surface area contributed by atoms with E-state index in [1.807, 2.05) is 6.92 Å². The highest BCUT2D eigenvalue weighted by Crippen LogP contribution is 2.10. The lowest BCUT2D eigenvalue weighted by atomic mass is 10.1. The van der Waals surface area contributed by atoms with Crippen LogP contribution in [0.5, 0.6) is 0 Å². The minimum absolute atomic E-state index is 0.104. The number of aryl methyl sites for hydroxylation is 1. The summed E-state index contributed by atoms with van der Waals surface area (Å²) in [6, 6.07) is 3.34. The summed E-state index contributed by atoms with van der Waals surface area (Å²) in [6.07, 6.45) is 1.17. The van der Waals surface area contributed by atoms with E-state index in [4.69, 9.17) is 5.11 Å². The molecule has 0 unspecified atom stereocenters. The highest BCUT2D eigenvalue weighted by Gasteiger charge is 2.09. The molecule has 1 amide bonds. The molecule has 18 heavy (non-hydrogen) atoms. The van der Waals surface area contributed by atoms with E-state index in [1.54, 1.807) is 0 Å². The molecule has 1 aromatic carbocycles. The number of aliphatic hydroxyl groups is 1. The van der Waals surface area contributed by atoms with E-state index >= 15 is 0 Å². The zero-order valence-electron chi connectivity index (χ0n) is 10.2. The fourth-order valence-electron chi connectivity index (χ4n) is 1.53.